The SMILES string of the molecule is CC(O)(CN=C(N)Nc1ccc2c(c1)CCC2)c1ccco1.I. The number of anilines is 1. The smallest absolute Gasteiger partial charge is 0.193 e. The van der Waals surface area contributed by atoms with Crippen molar-refractivity contribution in [2.45, 2.75) is 31.8 Å². The van der Waals surface area contributed by atoms with Crippen LogP contribution in [0.5, 0.6) is 0 Å². The Morgan fingerprint density at radius 3 is 2.87 bits per heavy atom. The highest BCUT2D eigenvalue weighted by Crippen LogP contribution is 2.25. The predicted molar refractivity (Wildman–Crippen MR) is 102 cm³/mol. The lowest BCUT2D eigenvalue weighted by Crippen LogP contribution is -2.29. The Morgan fingerprint density at radius 2 is 2.13 bits per heavy atom. The predicted octanol–water partition coefficient (Wildman–Crippen LogP) is 3.02. The van der Waals surface area contributed by atoms with E-state index in [0.29, 0.717) is 5.76 Å². The first-order chi connectivity index (χ1) is 10.5. The van der Waals surface area contributed by atoms with Crippen molar-refractivity contribution in [3.8, 4) is 0 Å². The number of aliphatic imine (C=N–C) groups is 1. The minimum Gasteiger partial charge on any atom is -0.466 e. The summed E-state index contributed by atoms with van der Waals surface area (Å²) in [6.45, 7) is 1.78. The number of halogens is 1. The van der Waals surface area contributed by atoms with Gasteiger partial charge in [-0.3, -0.25) is 0 Å². The van der Waals surface area contributed by atoms with Crippen molar-refractivity contribution in [1.29, 1.82) is 0 Å². The first-order valence-electron chi connectivity index (χ1n) is 7.50. The number of aryl methyl sites for hydroxylation is 2. The number of benzene rings is 1. The molecule has 0 spiro atoms. The second-order valence-corrected chi connectivity index (χ2v) is 5.91. The van der Waals surface area contributed by atoms with Gasteiger partial charge in [0.05, 0.1) is 12.8 Å². The number of fused-ring (bicyclic) bond motifs is 1. The van der Waals surface area contributed by atoms with Crippen molar-refractivity contribution < 1.29 is 9.52 Å². The Balaban J connectivity index is 0.00000192. The Labute approximate surface area is 153 Å². The summed E-state index contributed by atoms with van der Waals surface area (Å²) in [7, 11) is 0. The maximum Gasteiger partial charge on any atom is 0.193 e. The first-order valence-corrected chi connectivity index (χ1v) is 7.50. The molecule has 1 aromatic carbocycles. The van der Waals surface area contributed by atoms with Gasteiger partial charge in [-0.05, 0) is 61.6 Å². The van der Waals surface area contributed by atoms with Gasteiger partial charge in [-0.1, -0.05) is 6.07 Å². The maximum atomic E-state index is 10.3. The van der Waals surface area contributed by atoms with E-state index in [4.69, 9.17) is 10.2 Å². The molecule has 1 aliphatic carbocycles. The average molecular weight is 427 g/mol. The van der Waals surface area contributed by atoms with E-state index in [1.54, 1.807) is 19.1 Å². The molecule has 124 valence electrons. The zero-order valence-corrected chi connectivity index (χ0v) is 15.4. The van der Waals surface area contributed by atoms with E-state index in [1.165, 1.54) is 23.8 Å². The molecule has 0 aliphatic heterocycles. The molecule has 0 bridgehead atoms. The van der Waals surface area contributed by atoms with Crippen molar-refractivity contribution >= 4 is 35.6 Å². The van der Waals surface area contributed by atoms with Crippen LogP contribution in [0.4, 0.5) is 5.69 Å². The molecule has 3 rings (SSSR count). The number of nitrogens with one attached hydrogen (secondary N) is 1. The molecule has 0 saturated carbocycles. The zero-order valence-electron chi connectivity index (χ0n) is 13.1. The molecule has 1 heterocycles. The van der Waals surface area contributed by atoms with E-state index in [9.17, 15) is 5.11 Å². The zero-order chi connectivity index (χ0) is 15.6. The summed E-state index contributed by atoms with van der Waals surface area (Å²) in [6.07, 6.45) is 5.02. The molecular formula is C17H22IN3O2. The van der Waals surface area contributed by atoms with Crippen LogP contribution >= 0.6 is 24.0 Å². The summed E-state index contributed by atoms with van der Waals surface area (Å²) >= 11 is 0. The lowest BCUT2D eigenvalue weighted by molar-refractivity contribution is 0.0438. The first kappa shape index (κ1) is 17.8. The average Bonchev–Trinajstić information content (AvgIpc) is 3.16. The molecule has 0 radical (unpaired) electrons. The highest BCUT2D eigenvalue weighted by molar-refractivity contribution is 14.0. The summed E-state index contributed by atoms with van der Waals surface area (Å²) in [5.74, 6) is 0.756. The summed E-state index contributed by atoms with van der Waals surface area (Å²) in [6, 6.07) is 9.73. The van der Waals surface area contributed by atoms with Gasteiger partial charge in [0.1, 0.15) is 11.4 Å². The molecule has 1 aliphatic rings. The molecule has 0 fully saturated rings. The van der Waals surface area contributed by atoms with Gasteiger partial charge in [-0.2, -0.15) is 0 Å². The van der Waals surface area contributed by atoms with Gasteiger partial charge in [0.2, 0.25) is 0 Å². The van der Waals surface area contributed by atoms with Gasteiger partial charge in [-0.25, -0.2) is 4.99 Å². The number of rotatable bonds is 4. The fourth-order valence-corrected chi connectivity index (χ4v) is 2.74. The highest BCUT2D eigenvalue weighted by Gasteiger charge is 2.25. The van der Waals surface area contributed by atoms with Crippen LogP contribution in [0.1, 0.15) is 30.2 Å². The Bertz CT molecular complexity index is 681. The Kier molecular flexibility index (Phi) is 5.69. The van der Waals surface area contributed by atoms with Crippen LogP contribution in [-0.2, 0) is 18.4 Å². The van der Waals surface area contributed by atoms with E-state index in [2.05, 4.69) is 22.4 Å². The minimum absolute atomic E-state index is 0. The van der Waals surface area contributed by atoms with E-state index in [1.807, 2.05) is 6.07 Å². The van der Waals surface area contributed by atoms with Crippen molar-refractivity contribution in [3.63, 3.8) is 0 Å². The Morgan fingerprint density at radius 1 is 1.35 bits per heavy atom. The van der Waals surface area contributed by atoms with Gasteiger partial charge < -0.3 is 20.6 Å². The number of nitrogens with zero attached hydrogens (tertiary/aromatic N) is 1. The van der Waals surface area contributed by atoms with Crippen LogP contribution in [-0.4, -0.2) is 17.6 Å². The molecular weight excluding hydrogens is 405 g/mol. The molecule has 0 saturated heterocycles. The van der Waals surface area contributed by atoms with Crippen molar-refractivity contribution in [3.05, 3.63) is 53.5 Å². The third-order valence-electron chi connectivity index (χ3n) is 3.98. The second-order valence-electron chi connectivity index (χ2n) is 5.91. The highest BCUT2D eigenvalue weighted by atomic mass is 127. The summed E-state index contributed by atoms with van der Waals surface area (Å²) < 4.78 is 5.22. The molecule has 5 nitrogen and oxygen atoms in total. The van der Waals surface area contributed by atoms with Gasteiger partial charge >= 0.3 is 0 Å². The van der Waals surface area contributed by atoms with Crippen LogP contribution in [0, 0.1) is 0 Å². The molecule has 2 aromatic rings. The topological polar surface area (TPSA) is 83.8 Å². The summed E-state index contributed by atoms with van der Waals surface area (Å²) in [5, 5.41) is 13.4. The standard InChI is InChI=1S/C17H21N3O2.HI/c1-17(21,15-6-3-9-22-15)11-19-16(18)20-14-8-7-12-4-2-5-13(12)10-14;/h3,6-10,21H,2,4-5,11H2,1H3,(H3,18,19,20);1H. The minimum atomic E-state index is -1.17. The molecule has 1 unspecified atom stereocenters. The van der Waals surface area contributed by atoms with Crippen molar-refractivity contribution in [2.75, 3.05) is 11.9 Å². The molecule has 1 aromatic heterocycles. The molecule has 4 N–H and O–H groups in total. The number of hydrogen-bond donors (Lipinski definition) is 3. The third-order valence-corrected chi connectivity index (χ3v) is 3.98. The number of aliphatic hydroxyl groups is 1. The van der Waals surface area contributed by atoms with Crippen LogP contribution in [0.2, 0.25) is 0 Å². The summed E-state index contributed by atoms with van der Waals surface area (Å²) in [5.41, 5.74) is 8.46. The molecule has 0 amide bonds. The molecule has 23 heavy (non-hydrogen) atoms. The van der Waals surface area contributed by atoms with E-state index < -0.39 is 5.60 Å². The van der Waals surface area contributed by atoms with Gasteiger partial charge in [0.15, 0.2) is 5.96 Å². The largest absolute Gasteiger partial charge is 0.466 e. The normalized spacial score (nSPS) is 16.3. The van der Waals surface area contributed by atoms with Gasteiger partial charge in [-0.15, -0.1) is 24.0 Å². The van der Waals surface area contributed by atoms with Gasteiger partial charge in [0.25, 0.3) is 0 Å². The lowest BCUT2D eigenvalue weighted by Gasteiger charge is -2.18. The Hall–Kier alpha value is -1.54. The maximum absolute atomic E-state index is 10.3. The third kappa shape index (κ3) is 4.26. The van der Waals surface area contributed by atoms with Crippen LogP contribution in [0.25, 0.3) is 0 Å². The van der Waals surface area contributed by atoms with Crippen LogP contribution < -0.4 is 11.1 Å². The van der Waals surface area contributed by atoms with E-state index in [0.717, 1.165) is 18.5 Å². The quantitative estimate of drug-likeness (QED) is 0.398. The number of nitrogens with two attached hydrogens (primary N) is 1. The van der Waals surface area contributed by atoms with Crippen molar-refractivity contribution in [2.24, 2.45) is 10.7 Å². The van der Waals surface area contributed by atoms with Crippen molar-refractivity contribution in [1.82, 2.24) is 0 Å². The monoisotopic (exact) mass is 427 g/mol. The second kappa shape index (κ2) is 7.35. The number of furan rings is 1. The van der Waals surface area contributed by atoms with Crippen LogP contribution in [0.3, 0.4) is 0 Å². The van der Waals surface area contributed by atoms with E-state index in [-0.39, 0.29) is 36.5 Å². The van der Waals surface area contributed by atoms with Gasteiger partial charge in [0, 0.05) is 5.69 Å². The lowest BCUT2D eigenvalue weighted by atomic mass is 10.0. The number of hydrogen-bond acceptors (Lipinski definition) is 3. The molecule has 1 atom stereocenters. The summed E-state index contributed by atoms with van der Waals surface area (Å²) in [4.78, 5) is 4.21. The van der Waals surface area contributed by atoms with Crippen LogP contribution in [0.15, 0.2) is 46.0 Å². The number of guanidine groups is 1. The van der Waals surface area contributed by atoms with E-state index >= 15 is 0 Å². The fourth-order valence-electron chi connectivity index (χ4n) is 2.74. The fraction of sp³-hybridized carbons (Fsp3) is 0.353. The molecule has 6 heteroatoms.